The van der Waals surface area contributed by atoms with Gasteiger partial charge in [-0.25, -0.2) is 0 Å². The summed E-state index contributed by atoms with van der Waals surface area (Å²) in [4.78, 5) is 12.6. The van der Waals surface area contributed by atoms with E-state index < -0.39 is 0 Å². The summed E-state index contributed by atoms with van der Waals surface area (Å²) in [6, 6.07) is 15.7. The molecule has 4 nitrogen and oxygen atoms in total. The van der Waals surface area contributed by atoms with Crippen molar-refractivity contribution < 1.29 is 9.53 Å². The Morgan fingerprint density at radius 1 is 1.20 bits per heavy atom. The Bertz CT molecular complexity index is 964. The predicted octanol–water partition coefficient (Wildman–Crippen LogP) is 6.39. The number of hydrogen-bond acceptors (Lipinski definition) is 3. The molecule has 0 aromatic heterocycles. The molecule has 2 aromatic carbocycles. The molecule has 1 aliphatic carbocycles. The number of amides is 1. The van der Waals surface area contributed by atoms with Gasteiger partial charge in [0.05, 0.1) is 4.47 Å². The van der Waals surface area contributed by atoms with Gasteiger partial charge in [-0.05, 0) is 76.2 Å². The molecule has 0 unspecified atom stereocenters. The Balaban J connectivity index is 1.66. The summed E-state index contributed by atoms with van der Waals surface area (Å²) in [5.74, 6) is 0.843. The van der Waals surface area contributed by atoms with E-state index in [1.54, 1.807) is 6.08 Å². The third kappa shape index (κ3) is 6.20. The first-order valence-corrected chi connectivity index (χ1v) is 11.6. The molecule has 3 rings (SSSR count). The number of hydrogen-bond donors (Lipinski definition) is 1. The first kappa shape index (κ1) is 22.6. The Labute approximate surface area is 194 Å². The third-order valence-corrected chi connectivity index (χ3v) is 6.52. The van der Waals surface area contributed by atoms with Crippen molar-refractivity contribution in [3.05, 3.63) is 68.1 Å². The Morgan fingerprint density at radius 2 is 1.93 bits per heavy atom. The van der Waals surface area contributed by atoms with Gasteiger partial charge in [0.15, 0.2) is 0 Å². The standard InChI is InChI=1S/C24H24Br2N2O2/c1-16-4-2-3-5-22(16)28-24(29)19(14-27)12-18-8-11-23(21(26)13-18)30-15-17-6-9-20(25)10-7-17/h6-13,16,22H,2-5,15H2,1H3,(H,28,29)/b19-12+/t16-,22+/m0/s1. The summed E-state index contributed by atoms with van der Waals surface area (Å²) in [5.41, 5.74) is 1.94. The first-order chi connectivity index (χ1) is 14.5. The van der Waals surface area contributed by atoms with E-state index in [0.717, 1.165) is 39.3 Å². The van der Waals surface area contributed by atoms with Gasteiger partial charge in [0, 0.05) is 10.5 Å². The van der Waals surface area contributed by atoms with Crippen LogP contribution in [0.1, 0.15) is 43.7 Å². The number of nitriles is 1. The van der Waals surface area contributed by atoms with Gasteiger partial charge in [-0.2, -0.15) is 5.26 Å². The zero-order valence-corrected chi connectivity index (χ0v) is 20.0. The highest BCUT2D eigenvalue weighted by Crippen LogP contribution is 2.28. The van der Waals surface area contributed by atoms with Crippen LogP contribution in [0.5, 0.6) is 5.75 Å². The van der Waals surface area contributed by atoms with Crippen LogP contribution in [0.15, 0.2) is 57.0 Å². The summed E-state index contributed by atoms with van der Waals surface area (Å²) in [6.45, 7) is 2.61. The molecule has 1 aliphatic rings. The lowest BCUT2D eigenvalue weighted by Gasteiger charge is -2.29. The fraction of sp³-hybridized carbons (Fsp3) is 0.333. The fourth-order valence-electron chi connectivity index (χ4n) is 3.56. The largest absolute Gasteiger partial charge is 0.488 e. The number of halogens is 2. The fourth-order valence-corrected chi connectivity index (χ4v) is 4.33. The first-order valence-electron chi connectivity index (χ1n) is 10.1. The summed E-state index contributed by atoms with van der Waals surface area (Å²) in [7, 11) is 0. The minimum absolute atomic E-state index is 0.114. The molecular weight excluding hydrogens is 508 g/mol. The molecule has 6 heteroatoms. The van der Waals surface area contributed by atoms with E-state index >= 15 is 0 Å². The van der Waals surface area contributed by atoms with Crippen LogP contribution in [-0.2, 0) is 11.4 Å². The second-order valence-corrected chi connectivity index (χ2v) is 9.39. The maximum Gasteiger partial charge on any atom is 0.262 e. The van der Waals surface area contributed by atoms with Gasteiger partial charge >= 0.3 is 0 Å². The summed E-state index contributed by atoms with van der Waals surface area (Å²) in [5, 5.41) is 12.5. The molecule has 2 atom stereocenters. The van der Waals surface area contributed by atoms with E-state index in [9.17, 15) is 10.1 Å². The molecule has 0 bridgehead atoms. The number of benzene rings is 2. The number of ether oxygens (including phenoxy) is 1. The van der Waals surface area contributed by atoms with Crippen molar-refractivity contribution in [2.75, 3.05) is 0 Å². The third-order valence-electron chi connectivity index (χ3n) is 5.37. The average Bonchev–Trinajstić information content (AvgIpc) is 2.74. The zero-order chi connectivity index (χ0) is 21.5. The smallest absolute Gasteiger partial charge is 0.262 e. The van der Waals surface area contributed by atoms with Gasteiger partial charge in [-0.1, -0.05) is 53.9 Å². The van der Waals surface area contributed by atoms with Crippen LogP contribution >= 0.6 is 31.9 Å². The summed E-state index contributed by atoms with van der Waals surface area (Å²) < 4.78 is 7.68. The second-order valence-electron chi connectivity index (χ2n) is 7.62. The predicted molar refractivity (Wildman–Crippen MR) is 126 cm³/mol. The normalized spacial score (nSPS) is 19.1. The lowest BCUT2D eigenvalue weighted by molar-refractivity contribution is -0.118. The highest BCUT2D eigenvalue weighted by atomic mass is 79.9. The molecule has 30 heavy (non-hydrogen) atoms. The molecule has 0 saturated heterocycles. The van der Waals surface area contributed by atoms with Gasteiger partial charge < -0.3 is 10.1 Å². The number of nitrogens with one attached hydrogen (secondary N) is 1. The van der Waals surface area contributed by atoms with Gasteiger partial charge in [0.1, 0.15) is 24.0 Å². The van der Waals surface area contributed by atoms with Gasteiger partial charge in [0.2, 0.25) is 0 Å². The molecule has 156 valence electrons. The van der Waals surface area contributed by atoms with Crippen molar-refractivity contribution in [3.63, 3.8) is 0 Å². The number of nitrogens with zero attached hydrogens (tertiary/aromatic N) is 1. The van der Waals surface area contributed by atoms with Crippen molar-refractivity contribution in [1.82, 2.24) is 5.32 Å². The van der Waals surface area contributed by atoms with Crippen LogP contribution in [0.25, 0.3) is 6.08 Å². The molecule has 0 aliphatic heterocycles. The molecule has 2 aromatic rings. The van der Waals surface area contributed by atoms with Crippen molar-refractivity contribution in [2.45, 2.75) is 45.3 Å². The highest BCUT2D eigenvalue weighted by molar-refractivity contribution is 9.10. The molecule has 1 fully saturated rings. The Kier molecular flexibility index (Phi) is 8.12. The van der Waals surface area contributed by atoms with Gasteiger partial charge in [0.25, 0.3) is 5.91 Å². The van der Waals surface area contributed by atoms with Crippen LogP contribution in [0.2, 0.25) is 0 Å². The SMILES string of the molecule is C[C@H]1CCCC[C@H]1NC(=O)/C(C#N)=C/c1ccc(OCc2ccc(Br)cc2)c(Br)c1. The van der Waals surface area contributed by atoms with Crippen LogP contribution < -0.4 is 10.1 Å². The van der Waals surface area contributed by atoms with E-state index in [1.807, 2.05) is 48.5 Å². The van der Waals surface area contributed by atoms with Crippen molar-refractivity contribution in [1.29, 1.82) is 5.26 Å². The highest BCUT2D eigenvalue weighted by Gasteiger charge is 2.24. The van der Waals surface area contributed by atoms with Crippen LogP contribution in [0.4, 0.5) is 0 Å². The van der Waals surface area contributed by atoms with Crippen LogP contribution in [0.3, 0.4) is 0 Å². The van der Waals surface area contributed by atoms with Crippen molar-refractivity contribution in [3.8, 4) is 11.8 Å². The molecule has 0 heterocycles. The summed E-state index contributed by atoms with van der Waals surface area (Å²) >= 11 is 6.95. The second kappa shape index (κ2) is 10.8. The number of carbonyl (C=O) groups excluding carboxylic acids is 1. The maximum absolute atomic E-state index is 12.6. The van der Waals surface area contributed by atoms with Crippen LogP contribution in [0, 0.1) is 17.2 Å². The van der Waals surface area contributed by atoms with Crippen molar-refractivity contribution in [2.24, 2.45) is 5.92 Å². The van der Waals surface area contributed by atoms with E-state index in [-0.39, 0.29) is 17.5 Å². The average molecular weight is 532 g/mol. The zero-order valence-electron chi connectivity index (χ0n) is 16.8. The molecular formula is C24H24Br2N2O2. The van der Waals surface area contributed by atoms with Gasteiger partial charge in [-0.3, -0.25) is 4.79 Å². The molecule has 1 saturated carbocycles. The quantitative estimate of drug-likeness (QED) is 0.347. The van der Waals surface area contributed by atoms with E-state index in [2.05, 4.69) is 44.1 Å². The molecule has 0 spiro atoms. The Hall–Kier alpha value is -2.10. The van der Waals surface area contributed by atoms with Gasteiger partial charge in [-0.15, -0.1) is 0 Å². The Morgan fingerprint density at radius 3 is 2.60 bits per heavy atom. The van der Waals surface area contributed by atoms with E-state index in [4.69, 9.17) is 4.74 Å². The molecule has 0 radical (unpaired) electrons. The van der Waals surface area contributed by atoms with E-state index in [0.29, 0.717) is 18.3 Å². The number of carbonyl (C=O) groups is 1. The van der Waals surface area contributed by atoms with Crippen LogP contribution in [-0.4, -0.2) is 11.9 Å². The minimum atomic E-state index is -0.303. The molecule has 1 N–H and O–H groups in total. The van der Waals surface area contributed by atoms with E-state index in [1.165, 1.54) is 6.42 Å². The lowest BCUT2D eigenvalue weighted by atomic mass is 9.86. The molecule has 1 amide bonds. The summed E-state index contributed by atoms with van der Waals surface area (Å²) in [6.07, 6.45) is 6.03. The number of rotatable bonds is 6. The maximum atomic E-state index is 12.6. The minimum Gasteiger partial charge on any atom is -0.488 e. The monoisotopic (exact) mass is 530 g/mol. The topological polar surface area (TPSA) is 62.1 Å². The lowest BCUT2D eigenvalue weighted by Crippen LogP contribution is -2.41. The van der Waals surface area contributed by atoms with Crippen molar-refractivity contribution >= 4 is 43.8 Å².